The average molecular weight is 415 g/mol. The number of fused-ring (bicyclic) bond motifs is 2. The number of nitrogens with zero attached hydrogens (tertiary/aromatic N) is 2. The number of aromatic nitrogens is 3. The third-order valence-electron chi connectivity index (χ3n) is 4.90. The summed E-state index contributed by atoms with van der Waals surface area (Å²) in [5.41, 5.74) is 1.79. The van der Waals surface area contributed by atoms with E-state index in [9.17, 15) is 9.59 Å². The van der Waals surface area contributed by atoms with E-state index in [4.69, 9.17) is 4.42 Å². The standard InChI is InChI=1S/C23H17N3O3S/c1-2-5-13-8-9-15-17(12-13)25-22(29-23(15)28)19-11-10-18(30-19)20-24-16-7-4-3-6-14(16)21(27)26-20/h3-4,6-12H,2,5H2,1H3,(H,24,26,27). The third kappa shape index (κ3) is 3.23. The van der Waals surface area contributed by atoms with Gasteiger partial charge in [0.15, 0.2) is 5.82 Å². The largest absolute Gasteiger partial charge is 0.402 e. The normalized spacial score (nSPS) is 11.4. The summed E-state index contributed by atoms with van der Waals surface area (Å²) in [7, 11) is 0. The highest BCUT2D eigenvalue weighted by Gasteiger charge is 2.14. The van der Waals surface area contributed by atoms with Crippen LogP contribution >= 0.6 is 11.3 Å². The van der Waals surface area contributed by atoms with Crippen molar-refractivity contribution in [1.82, 2.24) is 15.0 Å². The molecule has 0 aliphatic carbocycles. The molecule has 7 heteroatoms. The van der Waals surface area contributed by atoms with Crippen molar-refractivity contribution in [2.45, 2.75) is 19.8 Å². The molecule has 0 saturated heterocycles. The molecule has 148 valence electrons. The second kappa shape index (κ2) is 7.35. The Balaban J connectivity index is 1.59. The van der Waals surface area contributed by atoms with Gasteiger partial charge in [-0.25, -0.2) is 14.8 Å². The minimum atomic E-state index is -0.412. The van der Waals surface area contributed by atoms with Crippen LogP contribution in [0.5, 0.6) is 0 Å². The second-order valence-corrected chi connectivity index (χ2v) is 8.09. The van der Waals surface area contributed by atoms with Gasteiger partial charge in [0.05, 0.1) is 31.6 Å². The molecule has 1 N–H and O–H groups in total. The van der Waals surface area contributed by atoms with Crippen molar-refractivity contribution < 1.29 is 4.42 Å². The zero-order valence-electron chi connectivity index (χ0n) is 16.1. The lowest BCUT2D eigenvalue weighted by atomic mass is 10.1. The van der Waals surface area contributed by atoms with E-state index in [2.05, 4.69) is 21.9 Å². The molecule has 2 aromatic carbocycles. The first-order chi connectivity index (χ1) is 14.6. The number of para-hydroxylation sites is 1. The van der Waals surface area contributed by atoms with Crippen molar-refractivity contribution in [3.8, 4) is 21.5 Å². The summed E-state index contributed by atoms with van der Waals surface area (Å²) in [6.07, 6.45) is 1.95. The molecule has 30 heavy (non-hydrogen) atoms. The van der Waals surface area contributed by atoms with E-state index in [0.29, 0.717) is 32.5 Å². The SMILES string of the molecule is CCCc1ccc2c(=O)oc(-c3ccc(-c4nc5ccccc5c(=O)[nH]4)s3)nc2c1. The molecule has 0 aliphatic heterocycles. The van der Waals surface area contributed by atoms with Crippen molar-refractivity contribution in [3.63, 3.8) is 0 Å². The molecule has 0 amide bonds. The lowest BCUT2D eigenvalue weighted by Crippen LogP contribution is -2.08. The quantitative estimate of drug-likeness (QED) is 0.457. The Morgan fingerprint density at radius 3 is 2.63 bits per heavy atom. The molecule has 5 rings (SSSR count). The monoisotopic (exact) mass is 415 g/mol. The Kier molecular flexibility index (Phi) is 4.52. The predicted molar refractivity (Wildman–Crippen MR) is 119 cm³/mol. The number of aromatic amines is 1. The van der Waals surface area contributed by atoms with Gasteiger partial charge in [-0.2, -0.15) is 0 Å². The predicted octanol–water partition coefficient (Wildman–Crippen LogP) is 4.77. The zero-order chi connectivity index (χ0) is 20.7. The smallest absolute Gasteiger partial charge is 0.347 e. The molecular formula is C23H17N3O3S. The van der Waals surface area contributed by atoms with Gasteiger partial charge >= 0.3 is 5.63 Å². The van der Waals surface area contributed by atoms with Gasteiger partial charge < -0.3 is 9.40 Å². The number of rotatable bonds is 4. The van der Waals surface area contributed by atoms with Crippen molar-refractivity contribution in [1.29, 1.82) is 0 Å². The van der Waals surface area contributed by atoms with Crippen LogP contribution in [0.1, 0.15) is 18.9 Å². The van der Waals surface area contributed by atoms with Crippen LogP contribution in [0.25, 0.3) is 43.3 Å². The van der Waals surface area contributed by atoms with Crippen LogP contribution < -0.4 is 11.2 Å². The highest BCUT2D eigenvalue weighted by Crippen LogP contribution is 2.32. The summed E-state index contributed by atoms with van der Waals surface area (Å²) in [5.74, 6) is 0.740. The van der Waals surface area contributed by atoms with Crippen molar-refractivity contribution in [2.24, 2.45) is 0 Å². The van der Waals surface area contributed by atoms with Crippen molar-refractivity contribution >= 4 is 33.1 Å². The van der Waals surface area contributed by atoms with Gasteiger partial charge in [-0.15, -0.1) is 11.3 Å². The number of thiophene rings is 1. The highest BCUT2D eigenvalue weighted by atomic mass is 32.1. The van der Waals surface area contributed by atoms with Gasteiger partial charge in [0.2, 0.25) is 5.89 Å². The number of nitrogens with one attached hydrogen (secondary N) is 1. The molecule has 5 aromatic rings. The lowest BCUT2D eigenvalue weighted by Gasteiger charge is -2.03. The fourth-order valence-electron chi connectivity index (χ4n) is 3.45. The highest BCUT2D eigenvalue weighted by molar-refractivity contribution is 7.18. The van der Waals surface area contributed by atoms with Gasteiger partial charge in [-0.05, 0) is 48.4 Å². The molecule has 0 atom stereocenters. The van der Waals surface area contributed by atoms with Gasteiger partial charge in [-0.1, -0.05) is 31.5 Å². The van der Waals surface area contributed by atoms with Gasteiger partial charge in [0.1, 0.15) is 0 Å². The van der Waals surface area contributed by atoms with E-state index in [1.165, 1.54) is 11.3 Å². The van der Waals surface area contributed by atoms with E-state index in [1.54, 1.807) is 18.2 Å². The maximum atomic E-state index is 12.4. The summed E-state index contributed by atoms with van der Waals surface area (Å²) in [6.45, 7) is 2.11. The fourth-order valence-corrected chi connectivity index (χ4v) is 4.33. The molecule has 0 bridgehead atoms. The van der Waals surface area contributed by atoms with Crippen LogP contribution in [0.3, 0.4) is 0 Å². The first-order valence-electron chi connectivity index (χ1n) is 9.66. The molecule has 0 spiro atoms. The number of aryl methyl sites for hydroxylation is 1. The minimum absolute atomic E-state index is 0.190. The van der Waals surface area contributed by atoms with Crippen LogP contribution in [0.2, 0.25) is 0 Å². The summed E-state index contributed by atoms with van der Waals surface area (Å²) in [6, 6.07) is 16.5. The van der Waals surface area contributed by atoms with E-state index >= 15 is 0 Å². The van der Waals surface area contributed by atoms with E-state index in [1.807, 2.05) is 36.4 Å². The molecule has 3 aromatic heterocycles. The maximum absolute atomic E-state index is 12.4. The van der Waals surface area contributed by atoms with Crippen LogP contribution in [0.4, 0.5) is 0 Å². The number of hydrogen-bond acceptors (Lipinski definition) is 6. The summed E-state index contributed by atoms with van der Waals surface area (Å²) < 4.78 is 5.47. The average Bonchev–Trinajstić information content (AvgIpc) is 3.24. The zero-order valence-corrected chi connectivity index (χ0v) is 17.0. The van der Waals surface area contributed by atoms with E-state index < -0.39 is 5.63 Å². The molecular weight excluding hydrogens is 398 g/mol. The third-order valence-corrected chi connectivity index (χ3v) is 5.98. The van der Waals surface area contributed by atoms with E-state index in [-0.39, 0.29) is 11.4 Å². The number of hydrogen-bond donors (Lipinski definition) is 1. The van der Waals surface area contributed by atoms with Gasteiger partial charge in [-0.3, -0.25) is 4.79 Å². The molecule has 0 fully saturated rings. The van der Waals surface area contributed by atoms with Crippen LogP contribution in [0, 0.1) is 0 Å². The molecule has 0 radical (unpaired) electrons. The Morgan fingerprint density at radius 2 is 1.77 bits per heavy atom. The van der Waals surface area contributed by atoms with Crippen LogP contribution in [0.15, 0.2) is 68.6 Å². The fraction of sp³-hybridized carbons (Fsp3) is 0.130. The Hall–Kier alpha value is -3.58. The topological polar surface area (TPSA) is 88.9 Å². The summed E-state index contributed by atoms with van der Waals surface area (Å²) in [4.78, 5) is 38.2. The molecule has 0 saturated carbocycles. The first kappa shape index (κ1) is 18.4. The Bertz CT molecular complexity index is 1510. The summed E-state index contributed by atoms with van der Waals surface area (Å²) >= 11 is 1.36. The number of H-pyrrole nitrogens is 1. The maximum Gasteiger partial charge on any atom is 0.347 e. The Labute approximate surface area is 174 Å². The van der Waals surface area contributed by atoms with Crippen LogP contribution in [-0.4, -0.2) is 15.0 Å². The van der Waals surface area contributed by atoms with Crippen molar-refractivity contribution in [2.75, 3.05) is 0 Å². The molecule has 6 nitrogen and oxygen atoms in total. The summed E-state index contributed by atoms with van der Waals surface area (Å²) in [5, 5.41) is 1.01. The van der Waals surface area contributed by atoms with Gasteiger partial charge in [0, 0.05) is 0 Å². The lowest BCUT2D eigenvalue weighted by molar-refractivity contribution is 0.519. The van der Waals surface area contributed by atoms with Crippen LogP contribution in [-0.2, 0) is 6.42 Å². The van der Waals surface area contributed by atoms with E-state index in [0.717, 1.165) is 23.3 Å². The Morgan fingerprint density at radius 1 is 0.933 bits per heavy atom. The second-order valence-electron chi connectivity index (χ2n) is 7.00. The molecule has 0 unspecified atom stereocenters. The minimum Gasteiger partial charge on any atom is -0.402 e. The molecule has 0 aliphatic rings. The number of benzene rings is 2. The molecule has 3 heterocycles. The van der Waals surface area contributed by atoms with Gasteiger partial charge in [0.25, 0.3) is 5.56 Å². The first-order valence-corrected chi connectivity index (χ1v) is 10.5. The van der Waals surface area contributed by atoms with Crippen molar-refractivity contribution in [3.05, 3.63) is 80.9 Å².